The predicted molar refractivity (Wildman–Crippen MR) is 78.9 cm³/mol. The number of aromatic carboxylic acids is 2. The van der Waals surface area contributed by atoms with Crippen LogP contribution in [0.3, 0.4) is 0 Å². The normalized spacial score (nSPS) is 11.1. The van der Waals surface area contributed by atoms with Crippen LogP contribution in [0.25, 0.3) is 0 Å². The number of benzene rings is 2. The van der Waals surface area contributed by atoms with Crippen molar-refractivity contribution in [2.45, 2.75) is 19.3 Å². The standard InChI is InChI=1S/C17H16O4/c1-17(2,13-7-3-5-11(9-13)15(18)19)14-8-4-6-12(10-14)16(20)21/h3-10H,1-2H3,(H,18,19)(H,20,21). The van der Waals surface area contributed by atoms with E-state index in [4.69, 9.17) is 10.2 Å². The van der Waals surface area contributed by atoms with E-state index < -0.39 is 17.4 Å². The van der Waals surface area contributed by atoms with Gasteiger partial charge in [0.1, 0.15) is 0 Å². The molecule has 2 aromatic rings. The van der Waals surface area contributed by atoms with Crippen molar-refractivity contribution in [3.05, 3.63) is 70.8 Å². The molecule has 0 saturated carbocycles. The van der Waals surface area contributed by atoms with E-state index in [1.165, 1.54) is 12.1 Å². The van der Waals surface area contributed by atoms with Gasteiger partial charge in [0.2, 0.25) is 0 Å². The average Bonchev–Trinajstić information content (AvgIpc) is 2.47. The lowest BCUT2D eigenvalue weighted by molar-refractivity contribution is 0.0686. The van der Waals surface area contributed by atoms with Crippen molar-refractivity contribution in [1.82, 2.24) is 0 Å². The SMILES string of the molecule is CC(C)(c1cccc(C(=O)O)c1)c1cccc(C(=O)O)c1. The van der Waals surface area contributed by atoms with Crippen LogP contribution in [-0.2, 0) is 5.41 Å². The van der Waals surface area contributed by atoms with Gasteiger partial charge in [0.25, 0.3) is 0 Å². The highest BCUT2D eigenvalue weighted by molar-refractivity contribution is 5.88. The molecule has 2 N–H and O–H groups in total. The third kappa shape index (κ3) is 2.94. The zero-order chi connectivity index (χ0) is 15.6. The molecule has 0 bridgehead atoms. The summed E-state index contributed by atoms with van der Waals surface area (Å²) in [6.45, 7) is 3.88. The lowest BCUT2D eigenvalue weighted by Crippen LogP contribution is -2.20. The van der Waals surface area contributed by atoms with Gasteiger partial charge >= 0.3 is 11.9 Å². The molecule has 4 nitrogen and oxygen atoms in total. The van der Waals surface area contributed by atoms with E-state index in [0.29, 0.717) is 0 Å². The van der Waals surface area contributed by atoms with Crippen molar-refractivity contribution < 1.29 is 19.8 Å². The molecule has 108 valence electrons. The lowest BCUT2D eigenvalue weighted by Gasteiger charge is -2.26. The van der Waals surface area contributed by atoms with Gasteiger partial charge in [-0.2, -0.15) is 0 Å². The molecule has 4 heteroatoms. The Balaban J connectivity index is 2.50. The Kier molecular flexibility index (Phi) is 3.80. The summed E-state index contributed by atoms with van der Waals surface area (Å²) in [5.74, 6) is -1.96. The molecule has 0 amide bonds. The molecule has 0 saturated heterocycles. The first kappa shape index (κ1) is 14.8. The van der Waals surface area contributed by atoms with Crippen molar-refractivity contribution in [2.75, 3.05) is 0 Å². The van der Waals surface area contributed by atoms with Crippen molar-refractivity contribution in [3.8, 4) is 0 Å². The summed E-state index contributed by atoms with van der Waals surface area (Å²) in [4.78, 5) is 22.2. The van der Waals surface area contributed by atoms with Crippen LogP contribution >= 0.6 is 0 Å². The first-order chi connectivity index (χ1) is 9.82. The van der Waals surface area contributed by atoms with Crippen molar-refractivity contribution in [1.29, 1.82) is 0 Å². The zero-order valence-electron chi connectivity index (χ0n) is 11.8. The highest BCUT2D eigenvalue weighted by Gasteiger charge is 2.24. The van der Waals surface area contributed by atoms with Crippen LogP contribution in [0.2, 0.25) is 0 Å². The number of hydrogen-bond acceptors (Lipinski definition) is 2. The molecule has 0 aliphatic heterocycles. The van der Waals surface area contributed by atoms with Gasteiger partial charge in [-0.1, -0.05) is 38.1 Å². The molecule has 0 aliphatic carbocycles. The Labute approximate surface area is 122 Å². The van der Waals surface area contributed by atoms with E-state index in [0.717, 1.165) is 11.1 Å². The van der Waals surface area contributed by atoms with Gasteiger partial charge in [-0.05, 0) is 35.4 Å². The van der Waals surface area contributed by atoms with Gasteiger partial charge in [0, 0.05) is 5.41 Å². The van der Waals surface area contributed by atoms with Gasteiger partial charge in [-0.25, -0.2) is 9.59 Å². The van der Waals surface area contributed by atoms with Gasteiger partial charge in [0.15, 0.2) is 0 Å². The number of carboxylic acids is 2. The van der Waals surface area contributed by atoms with Gasteiger partial charge in [-0.15, -0.1) is 0 Å². The molecule has 0 heterocycles. The number of carbonyl (C=O) groups is 2. The number of carboxylic acid groups (broad SMARTS) is 2. The van der Waals surface area contributed by atoms with E-state index in [2.05, 4.69) is 0 Å². The van der Waals surface area contributed by atoms with E-state index in [1.807, 2.05) is 26.0 Å². The van der Waals surface area contributed by atoms with Crippen molar-refractivity contribution in [2.24, 2.45) is 0 Å². The minimum absolute atomic E-state index is 0.218. The fourth-order valence-corrected chi connectivity index (χ4v) is 2.25. The second kappa shape index (κ2) is 5.40. The van der Waals surface area contributed by atoms with E-state index >= 15 is 0 Å². The van der Waals surface area contributed by atoms with Crippen LogP contribution < -0.4 is 0 Å². The van der Waals surface area contributed by atoms with E-state index in [9.17, 15) is 9.59 Å². The monoisotopic (exact) mass is 284 g/mol. The lowest BCUT2D eigenvalue weighted by atomic mass is 9.77. The van der Waals surface area contributed by atoms with Crippen LogP contribution in [0.5, 0.6) is 0 Å². The highest BCUT2D eigenvalue weighted by atomic mass is 16.4. The molecule has 0 spiro atoms. The maximum atomic E-state index is 11.1. The summed E-state index contributed by atoms with van der Waals surface area (Å²) in [7, 11) is 0. The summed E-state index contributed by atoms with van der Waals surface area (Å²) >= 11 is 0. The maximum absolute atomic E-state index is 11.1. The topological polar surface area (TPSA) is 74.6 Å². The molecule has 2 rings (SSSR count). The van der Waals surface area contributed by atoms with Crippen molar-refractivity contribution >= 4 is 11.9 Å². The first-order valence-electron chi connectivity index (χ1n) is 6.50. The summed E-state index contributed by atoms with van der Waals surface area (Å²) in [5, 5.41) is 18.2. The number of hydrogen-bond donors (Lipinski definition) is 2. The van der Waals surface area contributed by atoms with Gasteiger partial charge < -0.3 is 10.2 Å². The Morgan fingerprint density at radius 3 is 1.52 bits per heavy atom. The summed E-state index contributed by atoms with van der Waals surface area (Å²) in [5.41, 5.74) is 1.59. The molecular weight excluding hydrogens is 268 g/mol. The molecule has 0 aromatic heterocycles. The van der Waals surface area contributed by atoms with Gasteiger partial charge in [-0.3, -0.25) is 0 Å². The van der Waals surface area contributed by atoms with Crippen LogP contribution in [0.15, 0.2) is 48.5 Å². The fraction of sp³-hybridized carbons (Fsp3) is 0.176. The quantitative estimate of drug-likeness (QED) is 0.902. The van der Waals surface area contributed by atoms with Crippen LogP contribution in [0.4, 0.5) is 0 Å². The Bertz CT molecular complexity index is 642. The van der Waals surface area contributed by atoms with Crippen molar-refractivity contribution in [3.63, 3.8) is 0 Å². The average molecular weight is 284 g/mol. The summed E-state index contributed by atoms with van der Waals surface area (Å²) in [6.07, 6.45) is 0. The largest absolute Gasteiger partial charge is 0.478 e. The molecule has 0 fully saturated rings. The summed E-state index contributed by atoms with van der Waals surface area (Å²) in [6, 6.07) is 13.4. The fourth-order valence-electron chi connectivity index (χ4n) is 2.25. The molecule has 21 heavy (non-hydrogen) atoms. The molecule has 0 unspecified atom stereocenters. The Morgan fingerprint density at radius 2 is 1.19 bits per heavy atom. The summed E-state index contributed by atoms with van der Waals surface area (Å²) < 4.78 is 0. The third-order valence-corrected chi connectivity index (χ3v) is 3.66. The predicted octanol–water partition coefficient (Wildman–Crippen LogP) is 3.41. The highest BCUT2D eigenvalue weighted by Crippen LogP contribution is 2.32. The van der Waals surface area contributed by atoms with Crippen LogP contribution in [0, 0.1) is 0 Å². The molecular formula is C17H16O4. The van der Waals surface area contributed by atoms with E-state index in [-0.39, 0.29) is 11.1 Å². The second-order valence-corrected chi connectivity index (χ2v) is 5.40. The minimum atomic E-state index is -0.980. The smallest absolute Gasteiger partial charge is 0.335 e. The Morgan fingerprint density at radius 1 is 0.810 bits per heavy atom. The molecule has 0 aliphatic rings. The third-order valence-electron chi connectivity index (χ3n) is 3.66. The number of rotatable bonds is 4. The minimum Gasteiger partial charge on any atom is -0.478 e. The molecule has 2 aromatic carbocycles. The molecule has 0 radical (unpaired) electrons. The second-order valence-electron chi connectivity index (χ2n) is 5.40. The first-order valence-corrected chi connectivity index (χ1v) is 6.50. The van der Waals surface area contributed by atoms with Gasteiger partial charge in [0.05, 0.1) is 11.1 Å². The maximum Gasteiger partial charge on any atom is 0.335 e. The van der Waals surface area contributed by atoms with E-state index in [1.54, 1.807) is 24.3 Å². The molecule has 0 atom stereocenters. The van der Waals surface area contributed by atoms with Crippen LogP contribution in [-0.4, -0.2) is 22.2 Å². The Hall–Kier alpha value is -2.62. The van der Waals surface area contributed by atoms with Crippen LogP contribution in [0.1, 0.15) is 45.7 Å². The zero-order valence-corrected chi connectivity index (χ0v) is 11.8.